The second-order valence-electron chi connectivity index (χ2n) is 9.16. The van der Waals surface area contributed by atoms with Gasteiger partial charge in [0.15, 0.2) is 0 Å². The third kappa shape index (κ3) is 5.33. The number of aromatic nitrogens is 2. The highest BCUT2D eigenvalue weighted by molar-refractivity contribution is 8.26. The molecule has 10 heteroatoms. The number of aliphatic hydroxyl groups is 1. The van der Waals surface area contributed by atoms with Crippen molar-refractivity contribution in [3.05, 3.63) is 80.6 Å². The first kappa shape index (κ1) is 25.6. The second-order valence-corrected chi connectivity index (χ2v) is 10.8. The van der Waals surface area contributed by atoms with E-state index >= 15 is 0 Å². The second kappa shape index (κ2) is 11.1. The molecule has 37 heavy (non-hydrogen) atoms. The number of fused-ring (bicyclic) bond motifs is 1. The van der Waals surface area contributed by atoms with E-state index in [0.717, 1.165) is 24.2 Å². The molecule has 0 radical (unpaired) electrons. The molecular formula is C27H29N5O3S2. The number of hydrogen-bond donors (Lipinski definition) is 1. The van der Waals surface area contributed by atoms with Gasteiger partial charge in [0.2, 0.25) is 0 Å². The van der Waals surface area contributed by atoms with E-state index in [1.165, 1.54) is 11.8 Å². The Labute approximate surface area is 225 Å². The molecule has 5 rings (SSSR count). The van der Waals surface area contributed by atoms with E-state index in [4.69, 9.17) is 17.2 Å². The van der Waals surface area contributed by atoms with Gasteiger partial charge in [-0.05, 0) is 36.6 Å². The van der Waals surface area contributed by atoms with Crippen LogP contribution >= 0.6 is 24.0 Å². The molecule has 2 fully saturated rings. The van der Waals surface area contributed by atoms with Gasteiger partial charge in [0.25, 0.3) is 11.5 Å². The molecule has 0 saturated carbocycles. The van der Waals surface area contributed by atoms with Crippen molar-refractivity contribution in [2.24, 2.45) is 0 Å². The molecule has 192 valence electrons. The van der Waals surface area contributed by atoms with Crippen LogP contribution in [0.15, 0.2) is 58.4 Å². The molecule has 0 bridgehead atoms. The predicted molar refractivity (Wildman–Crippen MR) is 152 cm³/mol. The SMILES string of the molecule is Cc1cccn2c(=O)c(/C=C3\SC(=S)N(CCc4ccccc4)C3=O)c(N3CCN(CCO)CC3)nc12. The number of aliphatic hydroxyl groups excluding tert-OH is 1. The Kier molecular flexibility index (Phi) is 7.71. The number of carbonyl (C=O) groups is 1. The molecule has 2 saturated heterocycles. The lowest BCUT2D eigenvalue weighted by atomic mass is 10.1. The van der Waals surface area contributed by atoms with Crippen LogP contribution < -0.4 is 10.5 Å². The smallest absolute Gasteiger partial charge is 0.267 e. The van der Waals surface area contributed by atoms with Crippen LogP contribution in [0.5, 0.6) is 0 Å². The third-order valence-corrected chi connectivity index (χ3v) is 8.15. The van der Waals surface area contributed by atoms with Crippen LogP contribution in [0, 0.1) is 6.92 Å². The van der Waals surface area contributed by atoms with Gasteiger partial charge in [0, 0.05) is 45.5 Å². The lowest BCUT2D eigenvalue weighted by Crippen LogP contribution is -2.48. The number of anilines is 1. The van der Waals surface area contributed by atoms with E-state index in [9.17, 15) is 14.7 Å². The van der Waals surface area contributed by atoms with Crippen molar-refractivity contribution >= 4 is 51.7 Å². The van der Waals surface area contributed by atoms with Gasteiger partial charge in [0.05, 0.1) is 17.1 Å². The van der Waals surface area contributed by atoms with Crippen LogP contribution in [0.25, 0.3) is 11.7 Å². The number of β-amino-alcohol motifs (C(OH)–C–C–N with tert-alkyl or cyclic N) is 1. The van der Waals surface area contributed by atoms with E-state index in [2.05, 4.69) is 9.80 Å². The quantitative estimate of drug-likeness (QED) is 0.365. The Morgan fingerprint density at radius 3 is 2.54 bits per heavy atom. The molecule has 1 aromatic carbocycles. The third-order valence-electron chi connectivity index (χ3n) is 6.77. The lowest BCUT2D eigenvalue weighted by Gasteiger charge is -2.35. The number of thioether (sulfide) groups is 1. The van der Waals surface area contributed by atoms with E-state index in [0.29, 0.717) is 58.9 Å². The predicted octanol–water partition coefficient (Wildman–Crippen LogP) is 2.56. The summed E-state index contributed by atoms with van der Waals surface area (Å²) >= 11 is 6.77. The monoisotopic (exact) mass is 535 g/mol. The fourth-order valence-corrected chi connectivity index (χ4v) is 5.99. The van der Waals surface area contributed by atoms with Gasteiger partial charge >= 0.3 is 0 Å². The number of aryl methyl sites for hydroxylation is 1. The zero-order valence-corrected chi connectivity index (χ0v) is 22.3. The molecule has 4 heterocycles. The molecule has 8 nitrogen and oxygen atoms in total. The highest BCUT2D eigenvalue weighted by atomic mass is 32.2. The van der Waals surface area contributed by atoms with Crippen molar-refractivity contribution in [3.63, 3.8) is 0 Å². The largest absolute Gasteiger partial charge is 0.395 e. The number of hydrogen-bond acceptors (Lipinski definition) is 8. The van der Waals surface area contributed by atoms with E-state index in [-0.39, 0.29) is 18.1 Å². The first-order valence-corrected chi connectivity index (χ1v) is 13.6. The number of amides is 1. The lowest BCUT2D eigenvalue weighted by molar-refractivity contribution is -0.122. The van der Waals surface area contributed by atoms with Gasteiger partial charge in [-0.2, -0.15) is 0 Å². The summed E-state index contributed by atoms with van der Waals surface area (Å²) in [6.07, 6.45) is 4.08. The van der Waals surface area contributed by atoms with E-state index in [1.54, 1.807) is 21.6 Å². The molecule has 0 aliphatic carbocycles. The van der Waals surface area contributed by atoms with Gasteiger partial charge in [-0.1, -0.05) is 60.4 Å². The summed E-state index contributed by atoms with van der Waals surface area (Å²) in [4.78, 5) is 38.3. The van der Waals surface area contributed by atoms with Gasteiger partial charge in [0.1, 0.15) is 15.8 Å². The zero-order valence-electron chi connectivity index (χ0n) is 20.7. The molecular weight excluding hydrogens is 506 g/mol. The van der Waals surface area contributed by atoms with Crippen LogP contribution in [0.1, 0.15) is 16.7 Å². The van der Waals surface area contributed by atoms with Crippen LogP contribution in [-0.4, -0.2) is 80.4 Å². The normalized spacial score (nSPS) is 17.9. The summed E-state index contributed by atoms with van der Waals surface area (Å²) in [5.41, 5.74) is 2.82. The van der Waals surface area contributed by atoms with Crippen molar-refractivity contribution < 1.29 is 9.90 Å². The number of thiocarbonyl (C=S) groups is 1. The molecule has 1 N–H and O–H groups in total. The Hall–Kier alpha value is -3.05. The molecule has 1 amide bonds. The topological polar surface area (TPSA) is 81.4 Å². The van der Waals surface area contributed by atoms with Crippen LogP contribution in [0.2, 0.25) is 0 Å². The summed E-state index contributed by atoms with van der Waals surface area (Å²) in [6.45, 7) is 6.03. The summed E-state index contributed by atoms with van der Waals surface area (Å²) in [7, 11) is 0. The number of pyridine rings is 1. The van der Waals surface area contributed by atoms with Crippen LogP contribution in [-0.2, 0) is 11.2 Å². The maximum absolute atomic E-state index is 13.7. The number of nitrogens with zero attached hydrogens (tertiary/aromatic N) is 5. The van der Waals surface area contributed by atoms with Crippen molar-refractivity contribution in [1.29, 1.82) is 0 Å². The van der Waals surface area contributed by atoms with Gasteiger partial charge in [-0.15, -0.1) is 0 Å². The molecule has 0 atom stereocenters. The number of carbonyl (C=O) groups excluding carboxylic acids is 1. The van der Waals surface area contributed by atoms with Crippen molar-refractivity contribution in [3.8, 4) is 0 Å². The summed E-state index contributed by atoms with van der Waals surface area (Å²) < 4.78 is 2.04. The molecule has 3 aromatic rings. The van der Waals surface area contributed by atoms with Gasteiger partial charge in [-0.3, -0.25) is 23.8 Å². The maximum atomic E-state index is 13.7. The maximum Gasteiger partial charge on any atom is 0.267 e. The first-order chi connectivity index (χ1) is 18.0. The minimum atomic E-state index is -0.212. The zero-order chi connectivity index (χ0) is 25.9. The first-order valence-electron chi connectivity index (χ1n) is 12.4. The molecule has 0 spiro atoms. The van der Waals surface area contributed by atoms with Crippen molar-refractivity contribution in [1.82, 2.24) is 19.2 Å². The van der Waals surface area contributed by atoms with Gasteiger partial charge in [-0.25, -0.2) is 4.98 Å². The summed E-state index contributed by atoms with van der Waals surface area (Å²) in [5, 5.41) is 9.29. The average Bonchev–Trinajstić information content (AvgIpc) is 3.18. The van der Waals surface area contributed by atoms with E-state index in [1.807, 2.05) is 49.4 Å². The van der Waals surface area contributed by atoms with Crippen LogP contribution in [0.4, 0.5) is 5.82 Å². The minimum Gasteiger partial charge on any atom is -0.395 e. The molecule has 0 unspecified atom stereocenters. The molecule has 2 aliphatic heterocycles. The number of rotatable bonds is 7. The Morgan fingerprint density at radius 1 is 1.05 bits per heavy atom. The average molecular weight is 536 g/mol. The number of benzene rings is 1. The number of piperazine rings is 1. The Balaban J connectivity index is 1.49. The molecule has 2 aliphatic rings. The fraction of sp³-hybridized carbons (Fsp3) is 0.333. The van der Waals surface area contributed by atoms with Crippen molar-refractivity contribution in [2.75, 3.05) is 50.8 Å². The van der Waals surface area contributed by atoms with Gasteiger partial charge < -0.3 is 10.0 Å². The minimum absolute atomic E-state index is 0.117. The summed E-state index contributed by atoms with van der Waals surface area (Å²) in [5.74, 6) is 0.399. The Morgan fingerprint density at radius 2 is 1.81 bits per heavy atom. The highest BCUT2D eigenvalue weighted by Crippen LogP contribution is 2.34. The van der Waals surface area contributed by atoms with Crippen molar-refractivity contribution in [2.45, 2.75) is 13.3 Å². The Bertz CT molecular complexity index is 1410. The molecule has 2 aromatic heterocycles. The highest BCUT2D eigenvalue weighted by Gasteiger charge is 2.33. The van der Waals surface area contributed by atoms with E-state index < -0.39 is 0 Å². The summed E-state index contributed by atoms with van der Waals surface area (Å²) in [6, 6.07) is 13.7. The fourth-order valence-electron chi connectivity index (χ4n) is 4.70. The van der Waals surface area contributed by atoms with Crippen LogP contribution in [0.3, 0.4) is 0 Å². The standard InChI is InChI=1S/C27H29N5O3S2/c1-19-6-5-10-31-23(19)28-24(30-14-12-29(13-15-30)16-17-33)21(25(31)34)18-22-26(35)32(27(36)37-22)11-9-20-7-3-2-4-8-20/h2-8,10,18,33H,9,11-17H2,1H3/b22-18-.